The van der Waals surface area contributed by atoms with Crippen LogP contribution < -0.4 is 0 Å². The highest BCUT2D eigenvalue weighted by Gasteiger charge is 2.28. The molecule has 1 fully saturated rings. The van der Waals surface area contributed by atoms with Crippen LogP contribution in [0, 0.1) is 11.8 Å². The molecule has 0 aliphatic carbocycles. The largest absolute Gasteiger partial charge is 0.444 e. The third-order valence-electron chi connectivity index (χ3n) is 2.99. The maximum atomic E-state index is 11.8. The summed E-state index contributed by atoms with van der Waals surface area (Å²) in [6, 6.07) is 0. The van der Waals surface area contributed by atoms with Gasteiger partial charge >= 0.3 is 6.09 Å². The number of hydrogen-bond donors (Lipinski definition) is 0. The Hall–Kier alpha value is -0.730. The van der Waals surface area contributed by atoms with Gasteiger partial charge in [-0.15, -0.1) is 0 Å². The van der Waals surface area contributed by atoms with E-state index in [4.69, 9.17) is 4.74 Å². The second-order valence-corrected chi connectivity index (χ2v) is 5.67. The van der Waals surface area contributed by atoms with Gasteiger partial charge in [-0.1, -0.05) is 13.8 Å². The van der Waals surface area contributed by atoms with Crippen LogP contribution in [0.15, 0.2) is 0 Å². The Kier molecular flexibility index (Phi) is 3.63. The maximum absolute atomic E-state index is 11.8. The minimum absolute atomic E-state index is 0.166. The number of carbonyl (C=O) groups is 1. The van der Waals surface area contributed by atoms with Crippen molar-refractivity contribution >= 4 is 6.09 Å². The molecule has 1 heterocycles. The van der Waals surface area contributed by atoms with Crippen LogP contribution in [0.5, 0.6) is 0 Å². The Balaban J connectivity index is 2.48. The molecule has 1 rings (SSSR count). The number of carbonyl (C=O) groups excluding carboxylic acids is 1. The number of piperidine rings is 1. The summed E-state index contributed by atoms with van der Waals surface area (Å²) in [5.41, 5.74) is -0.386. The number of amides is 1. The summed E-state index contributed by atoms with van der Waals surface area (Å²) < 4.78 is 5.35. The predicted molar refractivity (Wildman–Crippen MR) is 60.8 cm³/mol. The molecule has 1 aliphatic rings. The van der Waals surface area contributed by atoms with Gasteiger partial charge in [0.05, 0.1) is 0 Å². The van der Waals surface area contributed by atoms with Crippen molar-refractivity contribution in [1.29, 1.82) is 0 Å². The van der Waals surface area contributed by atoms with E-state index in [9.17, 15) is 4.79 Å². The zero-order valence-electron chi connectivity index (χ0n) is 10.5. The lowest BCUT2D eigenvalue weighted by molar-refractivity contribution is 0.0128. The SMILES string of the molecule is C[C@H]1CCN(C(=O)OC(C)(C)C)C[C@@H]1C. The van der Waals surface area contributed by atoms with Crippen molar-refractivity contribution in [3.05, 3.63) is 0 Å². The highest BCUT2D eigenvalue weighted by atomic mass is 16.6. The average Bonchev–Trinajstić information content (AvgIpc) is 2.06. The van der Waals surface area contributed by atoms with E-state index in [0.717, 1.165) is 19.5 Å². The number of nitrogens with zero attached hydrogens (tertiary/aromatic N) is 1. The number of ether oxygens (including phenoxy) is 1. The number of rotatable bonds is 0. The minimum Gasteiger partial charge on any atom is -0.444 e. The Morgan fingerprint density at radius 1 is 1.27 bits per heavy atom. The first-order valence-electron chi connectivity index (χ1n) is 5.77. The van der Waals surface area contributed by atoms with Crippen molar-refractivity contribution in [2.45, 2.75) is 46.6 Å². The fraction of sp³-hybridized carbons (Fsp3) is 0.917. The third kappa shape index (κ3) is 3.73. The van der Waals surface area contributed by atoms with Gasteiger partial charge in [-0.3, -0.25) is 0 Å². The summed E-state index contributed by atoms with van der Waals surface area (Å²) in [5, 5.41) is 0. The monoisotopic (exact) mass is 213 g/mol. The van der Waals surface area contributed by atoms with E-state index < -0.39 is 0 Å². The quantitative estimate of drug-likeness (QED) is 0.619. The molecule has 88 valence electrons. The summed E-state index contributed by atoms with van der Waals surface area (Å²) >= 11 is 0. The van der Waals surface area contributed by atoms with E-state index in [1.807, 2.05) is 25.7 Å². The van der Waals surface area contributed by atoms with Gasteiger partial charge in [0, 0.05) is 13.1 Å². The molecule has 0 aromatic heterocycles. The Labute approximate surface area is 92.8 Å². The average molecular weight is 213 g/mol. The Bertz CT molecular complexity index is 232. The lowest BCUT2D eigenvalue weighted by atomic mass is 9.89. The van der Waals surface area contributed by atoms with Crippen molar-refractivity contribution in [1.82, 2.24) is 4.90 Å². The molecule has 0 spiro atoms. The normalized spacial score (nSPS) is 27.7. The predicted octanol–water partition coefficient (Wildman–Crippen LogP) is 2.90. The first-order chi connectivity index (χ1) is 6.79. The van der Waals surface area contributed by atoms with E-state index in [1.54, 1.807) is 0 Å². The molecule has 3 heteroatoms. The summed E-state index contributed by atoms with van der Waals surface area (Å²) in [7, 11) is 0. The number of likely N-dealkylation sites (tertiary alicyclic amines) is 1. The fourth-order valence-electron chi connectivity index (χ4n) is 1.76. The fourth-order valence-corrected chi connectivity index (χ4v) is 1.76. The van der Waals surface area contributed by atoms with Gasteiger partial charge in [-0.05, 0) is 39.0 Å². The van der Waals surface area contributed by atoms with E-state index in [1.165, 1.54) is 0 Å². The van der Waals surface area contributed by atoms with Crippen LogP contribution in [-0.4, -0.2) is 29.7 Å². The van der Waals surface area contributed by atoms with Crippen LogP contribution in [0.1, 0.15) is 41.0 Å². The molecule has 0 aromatic carbocycles. The van der Waals surface area contributed by atoms with Crippen LogP contribution in [0.4, 0.5) is 4.79 Å². The first kappa shape index (κ1) is 12.3. The molecular formula is C12H23NO2. The van der Waals surface area contributed by atoms with E-state index in [2.05, 4.69) is 13.8 Å². The molecule has 0 radical (unpaired) electrons. The van der Waals surface area contributed by atoms with Crippen molar-refractivity contribution in [3.8, 4) is 0 Å². The van der Waals surface area contributed by atoms with E-state index in [-0.39, 0.29) is 11.7 Å². The molecule has 1 saturated heterocycles. The number of hydrogen-bond acceptors (Lipinski definition) is 2. The second-order valence-electron chi connectivity index (χ2n) is 5.67. The van der Waals surface area contributed by atoms with Gasteiger partial charge < -0.3 is 9.64 Å². The van der Waals surface area contributed by atoms with Crippen LogP contribution in [0.25, 0.3) is 0 Å². The molecule has 0 aromatic rings. The Morgan fingerprint density at radius 2 is 1.87 bits per heavy atom. The molecule has 0 N–H and O–H groups in total. The van der Waals surface area contributed by atoms with Gasteiger partial charge in [-0.25, -0.2) is 4.79 Å². The molecule has 3 nitrogen and oxygen atoms in total. The highest BCUT2D eigenvalue weighted by molar-refractivity contribution is 5.68. The van der Waals surface area contributed by atoms with Gasteiger partial charge in [0.2, 0.25) is 0 Å². The van der Waals surface area contributed by atoms with E-state index >= 15 is 0 Å². The zero-order valence-corrected chi connectivity index (χ0v) is 10.5. The highest BCUT2D eigenvalue weighted by Crippen LogP contribution is 2.23. The van der Waals surface area contributed by atoms with Crippen LogP contribution in [0.2, 0.25) is 0 Å². The molecule has 0 saturated carbocycles. The van der Waals surface area contributed by atoms with Gasteiger partial charge in [0.1, 0.15) is 5.60 Å². The van der Waals surface area contributed by atoms with Gasteiger partial charge in [0.15, 0.2) is 0 Å². The van der Waals surface area contributed by atoms with Gasteiger partial charge in [0.25, 0.3) is 0 Å². The first-order valence-corrected chi connectivity index (χ1v) is 5.77. The third-order valence-corrected chi connectivity index (χ3v) is 2.99. The van der Waals surface area contributed by atoms with Crippen LogP contribution in [-0.2, 0) is 4.74 Å². The lowest BCUT2D eigenvalue weighted by Crippen LogP contribution is -2.44. The van der Waals surface area contributed by atoms with Crippen molar-refractivity contribution in [2.24, 2.45) is 11.8 Å². The molecule has 1 aliphatic heterocycles. The molecule has 1 amide bonds. The summed E-state index contributed by atoms with van der Waals surface area (Å²) in [6.45, 7) is 11.8. The molecule has 0 unspecified atom stereocenters. The Morgan fingerprint density at radius 3 is 2.33 bits per heavy atom. The van der Waals surface area contributed by atoms with Crippen molar-refractivity contribution in [2.75, 3.05) is 13.1 Å². The molecular weight excluding hydrogens is 190 g/mol. The van der Waals surface area contributed by atoms with Crippen LogP contribution >= 0.6 is 0 Å². The van der Waals surface area contributed by atoms with Crippen LogP contribution in [0.3, 0.4) is 0 Å². The van der Waals surface area contributed by atoms with Crippen molar-refractivity contribution < 1.29 is 9.53 Å². The molecule has 15 heavy (non-hydrogen) atoms. The smallest absolute Gasteiger partial charge is 0.410 e. The zero-order chi connectivity index (χ0) is 11.6. The lowest BCUT2D eigenvalue weighted by Gasteiger charge is -2.36. The van der Waals surface area contributed by atoms with Gasteiger partial charge in [-0.2, -0.15) is 0 Å². The summed E-state index contributed by atoms with van der Waals surface area (Å²) in [6.07, 6.45) is 0.918. The summed E-state index contributed by atoms with van der Waals surface area (Å²) in [5.74, 6) is 1.29. The summed E-state index contributed by atoms with van der Waals surface area (Å²) in [4.78, 5) is 13.6. The maximum Gasteiger partial charge on any atom is 0.410 e. The molecule has 0 bridgehead atoms. The van der Waals surface area contributed by atoms with E-state index in [0.29, 0.717) is 11.8 Å². The molecule has 2 atom stereocenters. The topological polar surface area (TPSA) is 29.5 Å². The minimum atomic E-state index is -0.386. The standard InChI is InChI=1S/C12H23NO2/c1-9-6-7-13(8-10(9)2)11(14)15-12(3,4)5/h9-10H,6-8H2,1-5H3/t9-,10-/m0/s1. The van der Waals surface area contributed by atoms with Crippen molar-refractivity contribution in [3.63, 3.8) is 0 Å². The second kappa shape index (κ2) is 4.42.